The number of benzene rings is 1. The zero-order chi connectivity index (χ0) is 14.5. The lowest BCUT2D eigenvalue weighted by atomic mass is 10.0. The first kappa shape index (κ1) is 14.8. The molecule has 1 heterocycles. The van der Waals surface area contributed by atoms with E-state index < -0.39 is 0 Å². The first-order valence-electron chi connectivity index (χ1n) is 7.40. The van der Waals surface area contributed by atoms with Crippen LogP contribution in [0.1, 0.15) is 36.5 Å². The third kappa shape index (κ3) is 3.48. The van der Waals surface area contributed by atoms with Crippen LogP contribution in [0.2, 0.25) is 0 Å². The van der Waals surface area contributed by atoms with Crippen molar-refractivity contribution in [3.63, 3.8) is 0 Å². The van der Waals surface area contributed by atoms with Crippen LogP contribution in [0.5, 0.6) is 0 Å². The maximum atomic E-state index is 4.23. The van der Waals surface area contributed by atoms with Crippen molar-refractivity contribution < 1.29 is 0 Å². The van der Waals surface area contributed by atoms with E-state index in [0.717, 1.165) is 18.8 Å². The van der Waals surface area contributed by atoms with Crippen LogP contribution in [-0.4, -0.2) is 28.7 Å². The Morgan fingerprint density at radius 3 is 2.70 bits per heavy atom. The van der Waals surface area contributed by atoms with E-state index in [9.17, 15) is 0 Å². The second-order valence-electron chi connectivity index (χ2n) is 5.66. The summed E-state index contributed by atoms with van der Waals surface area (Å²) in [6.45, 7) is 8.60. The summed E-state index contributed by atoms with van der Waals surface area (Å²) in [6, 6.07) is 6.58. The molecule has 0 saturated carbocycles. The van der Waals surface area contributed by atoms with Crippen LogP contribution in [0, 0.1) is 13.8 Å². The molecular weight excluding hydrogens is 246 g/mol. The van der Waals surface area contributed by atoms with Crippen molar-refractivity contribution >= 4 is 0 Å². The zero-order valence-corrected chi connectivity index (χ0v) is 13.0. The average Bonchev–Trinajstić information content (AvgIpc) is 2.87. The molecule has 0 unspecified atom stereocenters. The number of unbranched alkanes of at least 4 members (excludes halogenated alkanes) is 1. The van der Waals surface area contributed by atoms with Crippen molar-refractivity contribution in [1.82, 2.24) is 15.1 Å². The number of H-pyrrole nitrogens is 1. The van der Waals surface area contributed by atoms with Gasteiger partial charge in [0.2, 0.25) is 0 Å². The highest BCUT2D eigenvalue weighted by atomic mass is 15.1. The standard InChI is InChI=1S/C17H25N3/c1-5-6-9-20(4)12-16-11-18-19-17(16)15-8-7-13(2)14(3)10-15/h7-8,10-11H,5-6,9,12H2,1-4H3,(H,18,19). The molecule has 0 fully saturated rings. The van der Waals surface area contributed by atoms with Crippen molar-refractivity contribution in [3.05, 3.63) is 41.1 Å². The third-order valence-electron chi connectivity index (χ3n) is 3.85. The highest BCUT2D eigenvalue weighted by Crippen LogP contribution is 2.24. The van der Waals surface area contributed by atoms with E-state index in [1.807, 2.05) is 6.20 Å². The lowest BCUT2D eigenvalue weighted by Gasteiger charge is -2.16. The first-order chi connectivity index (χ1) is 9.61. The summed E-state index contributed by atoms with van der Waals surface area (Å²) < 4.78 is 0. The van der Waals surface area contributed by atoms with Gasteiger partial charge in [-0.05, 0) is 51.1 Å². The molecule has 1 aromatic heterocycles. The number of nitrogens with zero attached hydrogens (tertiary/aromatic N) is 2. The molecule has 0 aliphatic rings. The minimum atomic E-state index is 0.943. The predicted octanol–water partition coefficient (Wildman–Crippen LogP) is 3.93. The van der Waals surface area contributed by atoms with Crippen LogP contribution in [0.25, 0.3) is 11.3 Å². The number of hydrogen-bond acceptors (Lipinski definition) is 2. The molecule has 0 saturated heterocycles. The minimum Gasteiger partial charge on any atom is -0.302 e. The van der Waals surface area contributed by atoms with Gasteiger partial charge in [0.05, 0.1) is 11.9 Å². The van der Waals surface area contributed by atoms with Crippen LogP contribution >= 0.6 is 0 Å². The van der Waals surface area contributed by atoms with Crippen molar-refractivity contribution in [3.8, 4) is 11.3 Å². The van der Waals surface area contributed by atoms with Gasteiger partial charge in [0.1, 0.15) is 0 Å². The molecule has 0 aliphatic heterocycles. The van der Waals surface area contributed by atoms with Gasteiger partial charge in [0.25, 0.3) is 0 Å². The Hall–Kier alpha value is -1.61. The second-order valence-corrected chi connectivity index (χ2v) is 5.66. The van der Waals surface area contributed by atoms with Crippen LogP contribution < -0.4 is 0 Å². The maximum absolute atomic E-state index is 4.23. The van der Waals surface area contributed by atoms with E-state index in [1.165, 1.54) is 35.1 Å². The number of aromatic nitrogens is 2. The normalized spacial score (nSPS) is 11.2. The van der Waals surface area contributed by atoms with Crippen molar-refractivity contribution in [2.45, 2.75) is 40.2 Å². The quantitative estimate of drug-likeness (QED) is 0.863. The number of rotatable bonds is 6. The van der Waals surface area contributed by atoms with Crippen LogP contribution in [0.15, 0.2) is 24.4 Å². The number of aryl methyl sites for hydroxylation is 2. The fourth-order valence-electron chi connectivity index (χ4n) is 2.38. The van der Waals surface area contributed by atoms with Gasteiger partial charge >= 0.3 is 0 Å². The molecule has 1 aromatic carbocycles. The van der Waals surface area contributed by atoms with Crippen LogP contribution in [0.4, 0.5) is 0 Å². The van der Waals surface area contributed by atoms with E-state index in [-0.39, 0.29) is 0 Å². The van der Waals surface area contributed by atoms with Crippen molar-refractivity contribution in [1.29, 1.82) is 0 Å². The Balaban J connectivity index is 2.17. The summed E-state index contributed by atoms with van der Waals surface area (Å²) in [6.07, 6.45) is 4.43. The lowest BCUT2D eigenvalue weighted by molar-refractivity contribution is 0.321. The summed E-state index contributed by atoms with van der Waals surface area (Å²) in [7, 11) is 2.17. The molecular formula is C17H25N3. The third-order valence-corrected chi connectivity index (χ3v) is 3.85. The minimum absolute atomic E-state index is 0.943. The van der Waals surface area contributed by atoms with Gasteiger partial charge in [-0.25, -0.2) is 0 Å². The molecule has 108 valence electrons. The zero-order valence-electron chi connectivity index (χ0n) is 13.0. The van der Waals surface area contributed by atoms with Gasteiger partial charge in [0.15, 0.2) is 0 Å². The van der Waals surface area contributed by atoms with Crippen molar-refractivity contribution in [2.75, 3.05) is 13.6 Å². The van der Waals surface area contributed by atoms with Crippen LogP contribution in [-0.2, 0) is 6.54 Å². The molecule has 2 aromatic rings. The van der Waals surface area contributed by atoms with E-state index in [1.54, 1.807) is 0 Å². The predicted molar refractivity (Wildman–Crippen MR) is 84.7 cm³/mol. The Morgan fingerprint density at radius 2 is 2.00 bits per heavy atom. The molecule has 3 heteroatoms. The Labute approximate surface area is 122 Å². The molecule has 1 N–H and O–H groups in total. The molecule has 0 spiro atoms. The average molecular weight is 271 g/mol. The molecule has 2 rings (SSSR count). The molecule has 0 amide bonds. The van der Waals surface area contributed by atoms with Gasteiger partial charge in [0, 0.05) is 17.7 Å². The summed E-state index contributed by atoms with van der Waals surface area (Å²) >= 11 is 0. The lowest BCUT2D eigenvalue weighted by Crippen LogP contribution is -2.19. The number of nitrogens with one attached hydrogen (secondary N) is 1. The van der Waals surface area contributed by atoms with Crippen molar-refractivity contribution in [2.24, 2.45) is 0 Å². The maximum Gasteiger partial charge on any atom is 0.0695 e. The molecule has 0 atom stereocenters. The first-order valence-corrected chi connectivity index (χ1v) is 7.40. The van der Waals surface area contributed by atoms with E-state index in [2.05, 4.69) is 61.1 Å². The number of hydrogen-bond donors (Lipinski definition) is 1. The molecule has 3 nitrogen and oxygen atoms in total. The summed E-state index contributed by atoms with van der Waals surface area (Å²) in [5, 5.41) is 7.39. The fraction of sp³-hybridized carbons (Fsp3) is 0.471. The van der Waals surface area contributed by atoms with E-state index in [0.29, 0.717) is 0 Å². The highest BCUT2D eigenvalue weighted by Gasteiger charge is 2.10. The summed E-state index contributed by atoms with van der Waals surface area (Å²) in [4.78, 5) is 2.36. The topological polar surface area (TPSA) is 31.9 Å². The van der Waals surface area contributed by atoms with Gasteiger partial charge in [-0.3, -0.25) is 5.10 Å². The Kier molecular flexibility index (Phi) is 4.96. The molecule has 0 radical (unpaired) electrons. The molecule has 0 aliphatic carbocycles. The van der Waals surface area contributed by atoms with Crippen LogP contribution in [0.3, 0.4) is 0 Å². The second kappa shape index (κ2) is 6.71. The summed E-state index contributed by atoms with van der Waals surface area (Å²) in [5.41, 5.74) is 6.30. The fourth-order valence-corrected chi connectivity index (χ4v) is 2.38. The Morgan fingerprint density at radius 1 is 1.20 bits per heavy atom. The van der Waals surface area contributed by atoms with E-state index >= 15 is 0 Å². The molecule has 0 bridgehead atoms. The van der Waals surface area contributed by atoms with Gasteiger partial charge in [-0.15, -0.1) is 0 Å². The van der Waals surface area contributed by atoms with Gasteiger partial charge < -0.3 is 4.90 Å². The van der Waals surface area contributed by atoms with Gasteiger partial charge in [-0.2, -0.15) is 5.10 Å². The largest absolute Gasteiger partial charge is 0.302 e. The van der Waals surface area contributed by atoms with Gasteiger partial charge in [-0.1, -0.05) is 25.5 Å². The summed E-state index contributed by atoms with van der Waals surface area (Å²) in [5.74, 6) is 0. The van der Waals surface area contributed by atoms with E-state index in [4.69, 9.17) is 0 Å². The molecule has 20 heavy (non-hydrogen) atoms. The Bertz CT molecular complexity index is 557. The smallest absolute Gasteiger partial charge is 0.0695 e. The SMILES string of the molecule is CCCCN(C)Cc1cn[nH]c1-c1ccc(C)c(C)c1. The number of aromatic amines is 1. The highest BCUT2D eigenvalue weighted by molar-refractivity contribution is 5.64. The monoisotopic (exact) mass is 271 g/mol.